The van der Waals surface area contributed by atoms with Crippen molar-refractivity contribution in [3.63, 3.8) is 0 Å². The minimum atomic E-state index is 0.381. The minimum absolute atomic E-state index is 0.381. The lowest BCUT2D eigenvalue weighted by atomic mass is 10.1. The highest BCUT2D eigenvalue weighted by molar-refractivity contribution is 9.10. The number of aryl methyl sites for hydroxylation is 1. The van der Waals surface area contributed by atoms with Crippen LogP contribution in [0, 0.1) is 12.8 Å². The number of thiophene rings is 1. The molecule has 0 bridgehead atoms. The van der Waals surface area contributed by atoms with E-state index in [9.17, 15) is 0 Å². The molecule has 0 aromatic carbocycles. The van der Waals surface area contributed by atoms with E-state index in [0.717, 1.165) is 19.0 Å². The summed E-state index contributed by atoms with van der Waals surface area (Å²) in [7, 11) is 0. The standard InChI is InChI=1S/C15H26BrN3S/c1-11(2)10-18-4-6-19(7-5-18)14(9-17)15-8-13(16)12(3)20-15/h8,11,14H,4-7,9-10,17H2,1-3H3. The van der Waals surface area contributed by atoms with Crippen LogP contribution in [0.2, 0.25) is 0 Å². The summed E-state index contributed by atoms with van der Waals surface area (Å²) < 4.78 is 1.22. The van der Waals surface area contributed by atoms with Crippen molar-refractivity contribution in [3.8, 4) is 0 Å². The third-order valence-electron chi connectivity index (χ3n) is 3.90. The fourth-order valence-electron chi connectivity index (χ4n) is 2.86. The first-order chi connectivity index (χ1) is 9.51. The molecule has 0 aliphatic carbocycles. The molecule has 1 aliphatic rings. The van der Waals surface area contributed by atoms with Gasteiger partial charge in [-0.25, -0.2) is 0 Å². The van der Waals surface area contributed by atoms with Gasteiger partial charge in [-0.2, -0.15) is 0 Å². The molecule has 1 aromatic heterocycles. The predicted octanol–water partition coefficient (Wildman–Crippen LogP) is 3.09. The molecule has 0 radical (unpaired) electrons. The second-order valence-corrected chi connectivity index (χ2v) is 8.18. The van der Waals surface area contributed by atoms with Crippen molar-refractivity contribution in [2.24, 2.45) is 11.7 Å². The highest BCUT2D eigenvalue weighted by Crippen LogP contribution is 2.33. The van der Waals surface area contributed by atoms with E-state index in [1.807, 2.05) is 11.3 Å². The van der Waals surface area contributed by atoms with Crippen LogP contribution in [0.3, 0.4) is 0 Å². The van der Waals surface area contributed by atoms with Gasteiger partial charge >= 0.3 is 0 Å². The SMILES string of the molecule is Cc1sc(C(CN)N2CCN(CC(C)C)CC2)cc1Br. The van der Waals surface area contributed by atoms with Crippen molar-refractivity contribution in [2.45, 2.75) is 26.8 Å². The maximum absolute atomic E-state index is 6.05. The maximum Gasteiger partial charge on any atom is 0.0565 e. The van der Waals surface area contributed by atoms with Gasteiger partial charge in [-0.1, -0.05) is 13.8 Å². The molecule has 1 saturated heterocycles. The number of piperazine rings is 1. The topological polar surface area (TPSA) is 32.5 Å². The van der Waals surface area contributed by atoms with Crippen LogP contribution in [0.25, 0.3) is 0 Å². The first-order valence-electron chi connectivity index (χ1n) is 7.43. The second kappa shape index (κ2) is 7.36. The molecule has 1 aromatic rings. The Morgan fingerprint density at radius 2 is 1.95 bits per heavy atom. The number of rotatable bonds is 5. The predicted molar refractivity (Wildman–Crippen MR) is 91.4 cm³/mol. The highest BCUT2D eigenvalue weighted by Gasteiger charge is 2.25. The zero-order valence-electron chi connectivity index (χ0n) is 12.7. The molecule has 2 N–H and O–H groups in total. The summed E-state index contributed by atoms with van der Waals surface area (Å²) in [5, 5.41) is 0. The zero-order valence-corrected chi connectivity index (χ0v) is 15.1. The van der Waals surface area contributed by atoms with Crippen LogP contribution < -0.4 is 5.73 Å². The monoisotopic (exact) mass is 359 g/mol. The maximum atomic E-state index is 6.05. The van der Waals surface area contributed by atoms with Crippen LogP contribution in [0.15, 0.2) is 10.5 Å². The number of hydrogen-bond acceptors (Lipinski definition) is 4. The van der Waals surface area contributed by atoms with Gasteiger partial charge in [-0.15, -0.1) is 11.3 Å². The fourth-order valence-corrected chi connectivity index (χ4v) is 4.57. The van der Waals surface area contributed by atoms with Gasteiger partial charge in [0.2, 0.25) is 0 Å². The molecular formula is C15H26BrN3S. The molecule has 20 heavy (non-hydrogen) atoms. The Morgan fingerprint density at radius 3 is 2.40 bits per heavy atom. The van der Waals surface area contributed by atoms with Crippen LogP contribution in [0.4, 0.5) is 0 Å². The molecular weight excluding hydrogens is 334 g/mol. The lowest BCUT2D eigenvalue weighted by molar-refractivity contribution is 0.0924. The lowest BCUT2D eigenvalue weighted by Crippen LogP contribution is -2.49. The van der Waals surface area contributed by atoms with Gasteiger partial charge in [0.15, 0.2) is 0 Å². The minimum Gasteiger partial charge on any atom is -0.329 e. The summed E-state index contributed by atoms with van der Waals surface area (Å²) in [6.45, 7) is 13.3. The van der Waals surface area contributed by atoms with Crippen LogP contribution in [-0.4, -0.2) is 49.1 Å². The van der Waals surface area contributed by atoms with Gasteiger partial charge < -0.3 is 10.6 Å². The smallest absolute Gasteiger partial charge is 0.0565 e. The molecule has 1 aliphatic heterocycles. The van der Waals surface area contributed by atoms with E-state index in [1.165, 1.54) is 33.9 Å². The summed E-state index contributed by atoms with van der Waals surface area (Å²) in [6.07, 6.45) is 0. The molecule has 1 atom stereocenters. The van der Waals surface area contributed by atoms with Crippen molar-refractivity contribution in [2.75, 3.05) is 39.3 Å². The molecule has 114 valence electrons. The van der Waals surface area contributed by atoms with Crippen molar-refractivity contribution in [1.29, 1.82) is 0 Å². The van der Waals surface area contributed by atoms with E-state index in [2.05, 4.69) is 52.6 Å². The Labute approximate surface area is 135 Å². The molecule has 2 heterocycles. The number of halogens is 1. The third-order valence-corrected chi connectivity index (χ3v) is 6.14. The van der Waals surface area contributed by atoms with E-state index in [0.29, 0.717) is 12.6 Å². The van der Waals surface area contributed by atoms with E-state index in [-0.39, 0.29) is 0 Å². The first-order valence-corrected chi connectivity index (χ1v) is 9.04. The summed E-state index contributed by atoms with van der Waals surface area (Å²) >= 11 is 5.49. The Morgan fingerprint density at radius 1 is 1.30 bits per heavy atom. The van der Waals surface area contributed by atoms with Gasteiger partial charge in [0, 0.05) is 53.5 Å². The molecule has 0 saturated carbocycles. The molecule has 5 heteroatoms. The van der Waals surface area contributed by atoms with Crippen molar-refractivity contribution < 1.29 is 0 Å². The average molecular weight is 360 g/mol. The molecule has 3 nitrogen and oxygen atoms in total. The Kier molecular flexibility index (Phi) is 6.05. The van der Waals surface area contributed by atoms with E-state index in [1.54, 1.807) is 0 Å². The largest absolute Gasteiger partial charge is 0.329 e. The zero-order chi connectivity index (χ0) is 14.7. The van der Waals surface area contributed by atoms with Gasteiger partial charge in [0.1, 0.15) is 0 Å². The number of nitrogens with two attached hydrogens (primary N) is 1. The highest BCUT2D eigenvalue weighted by atomic mass is 79.9. The van der Waals surface area contributed by atoms with Crippen molar-refractivity contribution in [3.05, 3.63) is 20.3 Å². The van der Waals surface area contributed by atoms with E-state index in [4.69, 9.17) is 5.73 Å². The molecule has 1 fully saturated rings. The summed E-state index contributed by atoms with van der Waals surface area (Å²) in [4.78, 5) is 7.87. The van der Waals surface area contributed by atoms with Crippen LogP contribution >= 0.6 is 27.3 Å². The lowest BCUT2D eigenvalue weighted by Gasteiger charge is -2.39. The van der Waals surface area contributed by atoms with Gasteiger partial charge in [-0.3, -0.25) is 4.90 Å². The van der Waals surface area contributed by atoms with Crippen LogP contribution in [0.5, 0.6) is 0 Å². The molecule has 2 rings (SSSR count). The van der Waals surface area contributed by atoms with Gasteiger partial charge in [0.25, 0.3) is 0 Å². The Bertz CT molecular complexity index is 405. The Balaban J connectivity index is 1.96. The van der Waals surface area contributed by atoms with Gasteiger partial charge in [0.05, 0.1) is 6.04 Å². The van der Waals surface area contributed by atoms with Crippen LogP contribution in [-0.2, 0) is 0 Å². The second-order valence-electron chi connectivity index (χ2n) is 6.03. The summed E-state index contributed by atoms with van der Waals surface area (Å²) in [5.41, 5.74) is 6.05. The number of nitrogens with zero attached hydrogens (tertiary/aromatic N) is 2. The summed E-state index contributed by atoms with van der Waals surface area (Å²) in [5.74, 6) is 0.753. The molecule has 0 amide bonds. The average Bonchev–Trinajstić information content (AvgIpc) is 2.72. The van der Waals surface area contributed by atoms with E-state index >= 15 is 0 Å². The van der Waals surface area contributed by atoms with Crippen molar-refractivity contribution in [1.82, 2.24) is 9.80 Å². The van der Waals surface area contributed by atoms with E-state index < -0.39 is 0 Å². The normalized spacial score (nSPS) is 19.7. The van der Waals surface area contributed by atoms with Gasteiger partial charge in [-0.05, 0) is 34.8 Å². The van der Waals surface area contributed by atoms with Crippen molar-refractivity contribution >= 4 is 27.3 Å². The third kappa shape index (κ3) is 4.04. The molecule has 0 spiro atoms. The Hall–Kier alpha value is 0.0600. The summed E-state index contributed by atoms with van der Waals surface area (Å²) in [6, 6.07) is 2.63. The molecule has 1 unspecified atom stereocenters. The quantitative estimate of drug-likeness (QED) is 0.876. The first kappa shape index (κ1) is 16.4. The fraction of sp³-hybridized carbons (Fsp3) is 0.733. The van der Waals surface area contributed by atoms with Crippen LogP contribution in [0.1, 0.15) is 29.6 Å². The number of hydrogen-bond donors (Lipinski definition) is 1.